The van der Waals surface area contributed by atoms with Gasteiger partial charge in [-0.1, -0.05) is 48.5 Å². The molecule has 1 nitrogen and oxygen atoms in total. The van der Waals surface area contributed by atoms with Gasteiger partial charge in [-0.15, -0.1) is 0 Å². The van der Waals surface area contributed by atoms with Crippen molar-refractivity contribution in [1.82, 2.24) is 5.32 Å². The fourth-order valence-corrected chi connectivity index (χ4v) is 2.28. The van der Waals surface area contributed by atoms with Crippen molar-refractivity contribution >= 4 is 0 Å². The molecule has 0 spiro atoms. The molecule has 0 amide bonds. The van der Waals surface area contributed by atoms with E-state index in [1.165, 1.54) is 12.1 Å². The molecular weight excluding hydrogens is 263 g/mol. The van der Waals surface area contributed by atoms with E-state index in [9.17, 15) is 13.2 Å². The zero-order chi connectivity index (χ0) is 14.6. The van der Waals surface area contributed by atoms with E-state index in [2.05, 4.69) is 5.32 Å². The van der Waals surface area contributed by atoms with Gasteiger partial charge >= 0.3 is 6.18 Å². The van der Waals surface area contributed by atoms with E-state index in [0.29, 0.717) is 6.42 Å². The molecule has 1 atom stereocenters. The summed E-state index contributed by atoms with van der Waals surface area (Å²) in [6.07, 6.45) is -3.81. The number of likely N-dealkylation sites (N-methyl/N-ethyl adjacent to an activating group) is 1. The minimum atomic E-state index is -4.33. The number of hydrogen-bond acceptors (Lipinski definition) is 1. The molecule has 0 aliphatic heterocycles. The van der Waals surface area contributed by atoms with Gasteiger partial charge in [-0.25, -0.2) is 0 Å². The number of benzene rings is 2. The largest absolute Gasteiger partial charge is 0.416 e. The normalized spacial score (nSPS) is 13.2. The van der Waals surface area contributed by atoms with Crippen molar-refractivity contribution in [3.8, 4) is 0 Å². The van der Waals surface area contributed by atoms with Crippen LogP contribution < -0.4 is 5.32 Å². The van der Waals surface area contributed by atoms with Crippen LogP contribution in [-0.4, -0.2) is 7.05 Å². The van der Waals surface area contributed by atoms with Crippen molar-refractivity contribution in [1.29, 1.82) is 0 Å². The van der Waals surface area contributed by atoms with Crippen molar-refractivity contribution in [2.75, 3.05) is 7.05 Å². The molecule has 0 saturated heterocycles. The molecule has 2 rings (SSSR count). The van der Waals surface area contributed by atoms with Crippen LogP contribution in [0.4, 0.5) is 13.2 Å². The van der Waals surface area contributed by atoms with Gasteiger partial charge in [0.2, 0.25) is 0 Å². The quantitative estimate of drug-likeness (QED) is 0.884. The first kappa shape index (κ1) is 14.6. The first-order chi connectivity index (χ1) is 9.52. The van der Waals surface area contributed by atoms with Crippen LogP contribution in [-0.2, 0) is 12.6 Å². The number of hydrogen-bond donors (Lipinski definition) is 1. The Morgan fingerprint density at radius 1 is 0.950 bits per heavy atom. The maximum absolute atomic E-state index is 13.1. The van der Waals surface area contributed by atoms with E-state index in [1.54, 1.807) is 13.1 Å². The predicted molar refractivity (Wildman–Crippen MR) is 73.4 cm³/mol. The van der Waals surface area contributed by atoms with Gasteiger partial charge < -0.3 is 5.32 Å². The third-order valence-electron chi connectivity index (χ3n) is 3.27. The molecule has 0 aliphatic carbocycles. The Kier molecular flexibility index (Phi) is 4.45. The lowest BCUT2D eigenvalue weighted by Gasteiger charge is -2.21. The van der Waals surface area contributed by atoms with E-state index in [1.807, 2.05) is 30.3 Å². The molecule has 106 valence electrons. The summed E-state index contributed by atoms with van der Waals surface area (Å²) in [5.74, 6) is 0. The first-order valence-electron chi connectivity index (χ1n) is 6.39. The predicted octanol–water partition coefficient (Wildman–Crippen LogP) is 4.21. The average Bonchev–Trinajstić information content (AvgIpc) is 2.45. The zero-order valence-corrected chi connectivity index (χ0v) is 11.1. The summed E-state index contributed by atoms with van der Waals surface area (Å²) >= 11 is 0. The summed E-state index contributed by atoms with van der Waals surface area (Å²) in [6.45, 7) is 0. The number of rotatable bonds is 4. The standard InChI is InChI=1S/C16H16F3N/c1-20-15(11-12-7-3-2-4-8-12)13-9-5-6-10-14(13)16(17,18)19/h2-10,15,20H,11H2,1H3. The maximum Gasteiger partial charge on any atom is 0.416 e. The maximum atomic E-state index is 13.1. The Morgan fingerprint density at radius 3 is 2.15 bits per heavy atom. The molecule has 0 heterocycles. The summed E-state index contributed by atoms with van der Waals surface area (Å²) in [6, 6.07) is 14.9. The zero-order valence-electron chi connectivity index (χ0n) is 11.1. The summed E-state index contributed by atoms with van der Waals surface area (Å²) in [5, 5.41) is 2.98. The molecule has 0 bridgehead atoms. The second-order valence-electron chi connectivity index (χ2n) is 4.62. The van der Waals surface area contributed by atoms with Crippen LogP contribution in [0, 0.1) is 0 Å². The van der Waals surface area contributed by atoms with Crippen LogP contribution in [0.15, 0.2) is 54.6 Å². The Bertz CT molecular complexity index is 549. The molecule has 0 saturated carbocycles. The van der Waals surface area contributed by atoms with Crippen LogP contribution in [0.2, 0.25) is 0 Å². The van der Waals surface area contributed by atoms with E-state index in [0.717, 1.165) is 11.6 Å². The Balaban J connectivity index is 2.33. The molecule has 1 unspecified atom stereocenters. The van der Waals surface area contributed by atoms with Gasteiger partial charge in [-0.3, -0.25) is 0 Å². The molecule has 0 aromatic heterocycles. The van der Waals surface area contributed by atoms with Gasteiger partial charge in [0.05, 0.1) is 5.56 Å². The SMILES string of the molecule is CNC(Cc1ccccc1)c1ccccc1C(F)(F)F. The third kappa shape index (κ3) is 3.39. The van der Waals surface area contributed by atoms with Gasteiger partial charge in [0.25, 0.3) is 0 Å². The Morgan fingerprint density at radius 2 is 1.55 bits per heavy atom. The Labute approximate surface area is 116 Å². The second-order valence-corrected chi connectivity index (χ2v) is 4.62. The van der Waals surface area contributed by atoms with E-state index in [-0.39, 0.29) is 11.6 Å². The van der Waals surface area contributed by atoms with Gasteiger partial charge in [0.1, 0.15) is 0 Å². The van der Waals surface area contributed by atoms with Gasteiger partial charge in [-0.05, 0) is 30.7 Å². The van der Waals surface area contributed by atoms with E-state index < -0.39 is 11.7 Å². The van der Waals surface area contributed by atoms with Crippen molar-refractivity contribution in [3.63, 3.8) is 0 Å². The van der Waals surface area contributed by atoms with Crippen LogP contribution in [0.1, 0.15) is 22.7 Å². The highest BCUT2D eigenvalue weighted by molar-refractivity contribution is 5.33. The fourth-order valence-electron chi connectivity index (χ4n) is 2.28. The van der Waals surface area contributed by atoms with Crippen LogP contribution >= 0.6 is 0 Å². The summed E-state index contributed by atoms with van der Waals surface area (Å²) < 4.78 is 39.2. The van der Waals surface area contributed by atoms with Crippen molar-refractivity contribution in [2.45, 2.75) is 18.6 Å². The minimum Gasteiger partial charge on any atom is -0.313 e. The van der Waals surface area contributed by atoms with E-state index in [4.69, 9.17) is 0 Å². The monoisotopic (exact) mass is 279 g/mol. The summed E-state index contributed by atoms with van der Waals surface area (Å²) in [7, 11) is 1.68. The van der Waals surface area contributed by atoms with Crippen molar-refractivity contribution in [3.05, 3.63) is 71.3 Å². The number of halogens is 3. The lowest BCUT2D eigenvalue weighted by Crippen LogP contribution is -2.22. The van der Waals surface area contributed by atoms with Crippen LogP contribution in [0.3, 0.4) is 0 Å². The Hall–Kier alpha value is -1.81. The number of alkyl halides is 3. The molecule has 2 aromatic carbocycles. The smallest absolute Gasteiger partial charge is 0.313 e. The van der Waals surface area contributed by atoms with Crippen LogP contribution in [0.25, 0.3) is 0 Å². The summed E-state index contributed by atoms with van der Waals surface area (Å²) in [5.41, 5.74) is 0.713. The molecule has 1 N–H and O–H groups in total. The lowest BCUT2D eigenvalue weighted by molar-refractivity contribution is -0.138. The highest BCUT2D eigenvalue weighted by atomic mass is 19.4. The topological polar surface area (TPSA) is 12.0 Å². The van der Waals surface area contributed by atoms with E-state index >= 15 is 0 Å². The molecule has 0 fully saturated rings. The second kappa shape index (κ2) is 6.09. The van der Waals surface area contributed by atoms with Gasteiger partial charge in [0.15, 0.2) is 0 Å². The van der Waals surface area contributed by atoms with Gasteiger partial charge in [-0.2, -0.15) is 13.2 Å². The highest BCUT2D eigenvalue weighted by Gasteiger charge is 2.34. The average molecular weight is 279 g/mol. The lowest BCUT2D eigenvalue weighted by atomic mass is 9.94. The fraction of sp³-hybridized carbons (Fsp3) is 0.250. The molecule has 20 heavy (non-hydrogen) atoms. The van der Waals surface area contributed by atoms with Crippen molar-refractivity contribution < 1.29 is 13.2 Å². The molecular formula is C16H16F3N. The summed E-state index contributed by atoms with van der Waals surface area (Å²) in [4.78, 5) is 0. The molecule has 0 aliphatic rings. The van der Waals surface area contributed by atoms with Crippen molar-refractivity contribution in [2.24, 2.45) is 0 Å². The van der Waals surface area contributed by atoms with Gasteiger partial charge in [0, 0.05) is 6.04 Å². The highest BCUT2D eigenvalue weighted by Crippen LogP contribution is 2.35. The van der Waals surface area contributed by atoms with Crippen LogP contribution in [0.5, 0.6) is 0 Å². The third-order valence-corrected chi connectivity index (χ3v) is 3.27. The molecule has 0 radical (unpaired) electrons. The molecule has 4 heteroatoms. The minimum absolute atomic E-state index is 0.284. The first-order valence-corrected chi connectivity index (χ1v) is 6.39. The number of nitrogens with one attached hydrogen (secondary N) is 1. The molecule has 2 aromatic rings.